The zero-order chi connectivity index (χ0) is 14.2. The van der Waals surface area contributed by atoms with Gasteiger partial charge in [-0.1, -0.05) is 42.5 Å². The zero-order valence-electron chi connectivity index (χ0n) is 11.5. The van der Waals surface area contributed by atoms with Gasteiger partial charge in [-0.3, -0.25) is 4.79 Å². The van der Waals surface area contributed by atoms with Crippen LogP contribution < -0.4 is 4.74 Å². The number of carbonyl (C=O) groups is 1. The average molecular weight is 270 g/mol. The van der Waals surface area contributed by atoms with Crippen LogP contribution in [0.2, 0.25) is 0 Å². The van der Waals surface area contributed by atoms with Crippen molar-refractivity contribution in [2.24, 2.45) is 0 Å². The van der Waals surface area contributed by atoms with E-state index in [9.17, 15) is 4.79 Å². The molecule has 0 aliphatic heterocycles. The maximum Gasteiger partial charge on any atom is 0.150 e. The van der Waals surface area contributed by atoms with E-state index in [4.69, 9.17) is 9.47 Å². The molecule has 0 heterocycles. The van der Waals surface area contributed by atoms with Crippen LogP contribution in [-0.4, -0.2) is 19.0 Å². The first-order valence-electron chi connectivity index (χ1n) is 6.61. The van der Waals surface area contributed by atoms with Crippen molar-refractivity contribution in [3.05, 3.63) is 65.7 Å². The Balaban J connectivity index is 1.77. The third-order valence-corrected chi connectivity index (χ3v) is 2.80. The molecule has 1 atom stereocenters. The van der Waals surface area contributed by atoms with Crippen molar-refractivity contribution in [3.8, 4) is 5.75 Å². The minimum absolute atomic E-state index is 0.0689. The number of ether oxygens (including phenoxy) is 2. The van der Waals surface area contributed by atoms with Crippen molar-refractivity contribution in [2.45, 2.75) is 19.6 Å². The summed E-state index contributed by atoms with van der Waals surface area (Å²) in [5.41, 5.74) is 1.75. The van der Waals surface area contributed by atoms with Crippen molar-refractivity contribution >= 4 is 6.29 Å². The predicted molar refractivity (Wildman–Crippen MR) is 78.0 cm³/mol. The molecule has 0 aliphatic rings. The molecule has 104 valence electrons. The van der Waals surface area contributed by atoms with Crippen molar-refractivity contribution in [2.75, 3.05) is 6.61 Å². The summed E-state index contributed by atoms with van der Waals surface area (Å²) in [5, 5.41) is 0. The van der Waals surface area contributed by atoms with Crippen molar-refractivity contribution < 1.29 is 14.3 Å². The summed E-state index contributed by atoms with van der Waals surface area (Å²) in [7, 11) is 0. The molecule has 0 amide bonds. The Hall–Kier alpha value is -2.13. The normalized spacial score (nSPS) is 11.8. The Labute approximate surface area is 119 Å². The van der Waals surface area contributed by atoms with Gasteiger partial charge in [0.1, 0.15) is 18.1 Å². The molecule has 3 heteroatoms. The maximum absolute atomic E-state index is 10.7. The minimum Gasteiger partial charge on any atom is -0.488 e. The molecule has 0 saturated carbocycles. The SMILES string of the molecule is C[C@@H](COCc1ccccc1)Oc1cccc(C=O)c1. The molecule has 0 saturated heterocycles. The van der Waals surface area contributed by atoms with E-state index in [0.717, 1.165) is 11.8 Å². The Morgan fingerprint density at radius 1 is 1.10 bits per heavy atom. The monoisotopic (exact) mass is 270 g/mol. The van der Waals surface area contributed by atoms with Crippen LogP contribution in [0.15, 0.2) is 54.6 Å². The second kappa shape index (κ2) is 7.46. The van der Waals surface area contributed by atoms with E-state index in [1.165, 1.54) is 0 Å². The first-order valence-corrected chi connectivity index (χ1v) is 6.61. The van der Waals surface area contributed by atoms with E-state index in [1.54, 1.807) is 18.2 Å². The topological polar surface area (TPSA) is 35.5 Å². The summed E-state index contributed by atoms with van der Waals surface area (Å²) in [6.45, 7) is 3.02. The highest BCUT2D eigenvalue weighted by molar-refractivity contribution is 5.75. The molecule has 0 fully saturated rings. The second-order valence-electron chi connectivity index (χ2n) is 4.62. The molecule has 0 unspecified atom stereocenters. The smallest absolute Gasteiger partial charge is 0.150 e. The second-order valence-corrected chi connectivity index (χ2v) is 4.62. The van der Waals surface area contributed by atoms with E-state index in [1.807, 2.05) is 43.3 Å². The van der Waals surface area contributed by atoms with Crippen molar-refractivity contribution in [1.82, 2.24) is 0 Å². The van der Waals surface area contributed by atoms with Crippen LogP contribution in [0.4, 0.5) is 0 Å². The Kier molecular flexibility index (Phi) is 5.33. The number of carbonyl (C=O) groups excluding carboxylic acids is 1. The van der Waals surface area contributed by atoms with E-state index < -0.39 is 0 Å². The van der Waals surface area contributed by atoms with Crippen LogP contribution in [-0.2, 0) is 11.3 Å². The van der Waals surface area contributed by atoms with Gasteiger partial charge in [0.15, 0.2) is 0 Å². The number of rotatable bonds is 7. The fraction of sp³-hybridized carbons (Fsp3) is 0.235. The molecular formula is C17H18O3. The summed E-state index contributed by atoms with van der Waals surface area (Å²) in [5.74, 6) is 0.686. The lowest BCUT2D eigenvalue weighted by Gasteiger charge is -2.15. The molecule has 2 aromatic rings. The predicted octanol–water partition coefficient (Wildman–Crippen LogP) is 3.48. The van der Waals surface area contributed by atoms with Crippen LogP contribution in [0.5, 0.6) is 5.75 Å². The lowest BCUT2D eigenvalue weighted by atomic mass is 10.2. The third kappa shape index (κ3) is 4.52. The highest BCUT2D eigenvalue weighted by Crippen LogP contribution is 2.14. The molecule has 20 heavy (non-hydrogen) atoms. The largest absolute Gasteiger partial charge is 0.488 e. The number of hydrogen-bond donors (Lipinski definition) is 0. The maximum atomic E-state index is 10.7. The quantitative estimate of drug-likeness (QED) is 0.722. The molecule has 0 aliphatic carbocycles. The lowest BCUT2D eigenvalue weighted by Crippen LogP contribution is -2.19. The molecule has 2 rings (SSSR count). The summed E-state index contributed by atoms with van der Waals surface area (Å²) in [6.07, 6.45) is 0.740. The number of hydrogen-bond acceptors (Lipinski definition) is 3. The van der Waals surface area contributed by atoms with Gasteiger partial charge < -0.3 is 9.47 Å². The highest BCUT2D eigenvalue weighted by atomic mass is 16.5. The van der Waals surface area contributed by atoms with Gasteiger partial charge in [-0.05, 0) is 24.6 Å². The van der Waals surface area contributed by atoms with Crippen molar-refractivity contribution in [3.63, 3.8) is 0 Å². The molecule has 0 spiro atoms. The van der Waals surface area contributed by atoms with Gasteiger partial charge in [0.25, 0.3) is 0 Å². The third-order valence-electron chi connectivity index (χ3n) is 2.80. The molecular weight excluding hydrogens is 252 g/mol. The van der Waals surface area contributed by atoms with Gasteiger partial charge in [-0.25, -0.2) is 0 Å². The highest BCUT2D eigenvalue weighted by Gasteiger charge is 2.05. The zero-order valence-corrected chi connectivity index (χ0v) is 11.5. The average Bonchev–Trinajstić information content (AvgIpc) is 2.48. The fourth-order valence-corrected chi connectivity index (χ4v) is 1.84. The number of aldehydes is 1. The van der Waals surface area contributed by atoms with Crippen LogP contribution in [0.1, 0.15) is 22.8 Å². The van der Waals surface area contributed by atoms with Gasteiger partial charge in [0.2, 0.25) is 0 Å². The molecule has 0 N–H and O–H groups in total. The lowest BCUT2D eigenvalue weighted by molar-refractivity contribution is 0.0492. The summed E-state index contributed by atoms with van der Waals surface area (Å²) in [4.78, 5) is 10.7. The first-order chi connectivity index (χ1) is 9.78. The van der Waals surface area contributed by atoms with E-state index in [2.05, 4.69) is 0 Å². The van der Waals surface area contributed by atoms with Gasteiger partial charge >= 0.3 is 0 Å². The summed E-state index contributed by atoms with van der Waals surface area (Å²) in [6, 6.07) is 17.1. The Bertz CT molecular complexity index is 537. The summed E-state index contributed by atoms with van der Waals surface area (Å²) >= 11 is 0. The van der Waals surface area contributed by atoms with Crippen LogP contribution in [0.3, 0.4) is 0 Å². The Morgan fingerprint density at radius 2 is 1.90 bits per heavy atom. The summed E-state index contributed by atoms with van der Waals surface area (Å²) < 4.78 is 11.3. The number of benzene rings is 2. The van der Waals surface area contributed by atoms with E-state index in [0.29, 0.717) is 24.5 Å². The Morgan fingerprint density at radius 3 is 2.65 bits per heavy atom. The van der Waals surface area contributed by atoms with Gasteiger partial charge in [0.05, 0.1) is 13.2 Å². The van der Waals surface area contributed by atoms with E-state index in [-0.39, 0.29) is 6.10 Å². The van der Waals surface area contributed by atoms with Crippen LogP contribution in [0.25, 0.3) is 0 Å². The fourth-order valence-electron chi connectivity index (χ4n) is 1.84. The minimum atomic E-state index is -0.0689. The van der Waals surface area contributed by atoms with Crippen molar-refractivity contribution in [1.29, 1.82) is 0 Å². The molecule has 0 aromatic heterocycles. The molecule has 3 nitrogen and oxygen atoms in total. The van der Waals surface area contributed by atoms with Crippen LogP contribution in [0, 0.1) is 0 Å². The first kappa shape index (κ1) is 14.3. The van der Waals surface area contributed by atoms with Gasteiger partial charge in [0, 0.05) is 5.56 Å². The molecule has 0 bridgehead atoms. The standard InChI is InChI=1S/C17H18O3/c1-14(12-19-13-15-6-3-2-4-7-15)20-17-9-5-8-16(10-17)11-18/h2-11,14H,12-13H2,1H3/t14-/m0/s1. The van der Waals surface area contributed by atoms with E-state index >= 15 is 0 Å². The van der Waals surface area contributed by atoms with Gasteiger partial charge in [-0.15, -0.1) is 0 Å². The van der Waals surface area contributed by atoms with Crippen LogP contribution >= 0.6 is 0 Å². The van der Waals surface area contributed by atoms with Gasteiger partial charge in [-0.2, -0.15) is 0 Å². The molecule has 0 radical (unpaired) electrons. The molecule has 2 aromatic carbocycles.